The molecule has 0 bridgehead atoms. The van der Waals surface area contributed by atoms with Crippen LogP contribution in [0.3, 0.4) is 0 Å². The summed E-state index contributed by atoms with van der Waals surface area (Å²) in [4.78, 5) is 10.2. The number of hydrogen-bond donors (Lipinski definition) is 1. The van der Waals surface area contributed by atoms with Gasteiger partial charge in [-0.25, -0.2) is 4.98 Å². The van der Waals surface area contributed by atoms with Crippen molar-refractivity contribution in [2.45, 2.75) is 0 Å². The van der Waals surface area contributed by atoms with Crippen molar-refractivity contribution in [3.8, 4) is 0 Å². The van der Waals surface area contributed by atoms with Crippen LogP contribution >= 0.6 is 11.6 Å². The van der Waals surface area contributed by atoms with Crippen LogP contribution in [0.4, 0.5) is 11.6 Å². The fourth-order valence-corrected chi connectivity index (χ4v) is 0.636. The monoisotopic (exact) mass is 154 g/mol. The van der Waals surface area contributed by atoms with Gasteiger partial charge < -0.3 is 10.6 Å². The van der Waals surface area contributed by atoms with Gasteiger partial charge in [-0.3, -0.25) is 0 Å². The zero-order chi connectivity index (χ0) is 7.56. The standard InChI is InChI=1S/C5H3ClN4/c1-8-5-4(6)10-3(7)2-9-5/h2H,(H2,7,10). The summed E-state index contributed by atoms with van der Waals surface area (Å²) < 4.78 is 0. The molecule has 0 atom stereocenters. The highest BCUT2D eigenvalue weighted by atomic mass is 35.5. The minimum atomic E-state index is 0.0509. The molecule has 0 amide bonds. The average molecular weight is 155 g/mol. The van der Waals surface area contributed by atoms with E-state index in [1.165, 1.54) is 6.20 Å². The minimum absolute atomic E-state index is 0.0509. The highest BCUT2D eigenvalue weighted by Gasteiger charge is 2.01. The smallest absolute Gasteiger partial charge is 0.307 e. The summed E-state index contributed by atoms with van der Waals surface area (Å²) in [6.45, 7) is 6.55. The molecule has 50 valence electrons. The van der Waals surface area contributed by atoms with Gasteiger partial charge in [0.2, 0.25) is 0 Å². The van der Waals surface area contributed by atoms with Crippen LogP contribution in [-0.2, 0) is 0 Å². The first kappa shape index (κ1) is 6.78. The number of halogens is 1. The molecule has 1 rings (SSSR count). The first-order chi connectivity index (χ1) is 4.74. The maximum atomic E-state index is 6.55. The van der Waals surface area contributed by atoms with E-state index in [9.17, 15) is 0 Å². The average Bonchev–Trinajstić information content (AvgIpc) is 1.88. The molecule has 4 nitrogen and oxygen atoms in total. The number of nitrogens with zero attached hydrogens (tertiary/aromatic N) is 3. The van der Waals surface area contributed by atoms with Crippen molar-refractivity contribution in [2.24, 2.45) is 0 Å². The molecule has 1 aromatic heterocycles. The van der Waals surface area contributed by atoms with E-state index in [0.717, 1.165) is 0 Å². The first-order valence-corrected chi connectivity index (χ1v) is 2.77. The Morgan fingerprint density at radius 2 is 2.40 bits per heavy atom. The SMILES string of the molecule is [C-]#[N+]c1ncc(N)nc1Cl. The van der Waals surface area contributed by atoms with Gasteiger partial charge in [0.25, 0.3) is 0 Å². The van der Waals surface area contributed by atoms with Gasteiger partial charge in [0.1, 0.15) is 0 Å². The fraction of sp³-hybridized carbons (Fsp3) is 0. The molecule has 0 unspecified atom stereocenters. The molecule has 1 heterocycles. The number of anilines is 1. The van der Waals surface area contributed by atoms with Crippen molar-refractivity contribution in [3.63, 3.8) is 0 Å². The van der Waals surface area contributed by atoms with Gasteiger partial charge in [-0.15, -0.1) is 4.98 Å². The molecule has 0 aliphatic rings. The maximum absolute atomic E-state index is 6.55. The molecule has 0 radical (unpaired) electrons. The van der Waals surface area contributed by atoms with Gasteiger partial charge in [0, 0.05) is 0 Å². The molecular formula is C5H3ClN4. The molecule has 5 heteroatoms. The van der Waals surface area contributed by atoms with Gasteiger partial charge >= 0.3 is 5.82 Å². The fourth-order valence-electron chi connectivity index (χ4n) is 0.448. The van der Waals surface area contributed by atoms with Crippen LogP contribution in [0.25, 0.3) is 4.85 Å². The predicted molar refractivity (Wildman–Crippen MR) is 37.7 cm³/mol. The minimum Gasteiger partial charge on any atom is -0.381 e. The van der Waals surface area contributed by atoms with Crippen LogP contribution < -0.4 is 5.73 Å². The Bertz CT molecular complexity index is 290. The summed E-state index contributed by atoms with van der Waals surface area (Å²) in [6.07, 6.45) is 1.29. The quantitative estimate of drug-likeness (QED) is 0.573. The van der Waals surface area contributed by atoms with E-state index in [4.69, 9.17) is 23.9 Å². The lowest BCUT2D eigenvalue weighted by atomic mass is 10.6. The summed E-state index contributed by atoms with van der Waals surface area (Å²) in [6, 6.07) is 0. The molecule has 0 saturated heterocycles. The van der Waals surface area contributed by atoms with Crippen LogP contribution in [0.5, 0.6) is 0 Å². The Morgan fingerprint density at radius 3 is 2.90 bits per heavy atom. The van der Waals surface area contributed by atoms with Crippen LogP contribution in [0.2, 0.25) is 5.15 Å². The van der Waals surface area contributed by atoms with Crippen molar-refractivity contribution >= 4 is 23.2 Å². The van der Waals surface area contributed by atoms with E-state index in [1.807, 2.05) is 0 Å². The molecule has 0 saturated carbocycles. The van der Waals surface area contributed by atoms with E-state index < -0.39 is 0 Å². The van der Waals surface area contributed by atoms with Gasteiger partial charge in [-0.2, -0.15) is 0 Å². The van der Waals surface area contributed by atoms with Crippen LogP contribution in [0.1, 0.15) is 0 Å². The number of nitrogen functional groups attached to an aromatic ring is 1. The van der Waals surface area contributed by atoms with E-state index in [2.05, 4.69) is 14.8 Å². The van der Waals surface area contributed by atoms with Crippen molar-refractivity contribution in [1.29, 1.82) is 0 Å². The lowest BCUT2D eigenvalue weighted by Crippen LogP contribution is -1.90. The summed E-state index contributed by atoms with van der Waals surface area (Å²) in [7, 11) is 0. The van der Waals surface area contributed by atoms with Crippen molar-refractivity contribution in [3.05, 3.63) is 22.8 Å². The largest absolute Gasteiger partial charge is 0.381 e. The van der Waals surface area contributed by atoms with Crippen LogP contribution in [0.15, 0.2) is 6.20 Å². The van der Waals surface area contributed by atoms with Gasteiger partial charge in [-0.1, -0.05) is 18.2 Å². The number of nitrogens with two attached hydrogens (primary N) is 1. The third kappa shape index (κ3) is 1.14. The molecule has 0 aliphatic carbocycles. The van der Waals surface area contributed by atoms with Crippen molar-refractivity contribution in [1.82, 2.24) is 9.97 Å². The Hall–Kier alpha value is -1.34. The molecule has 0 fully saturated rings. The van der Waals surface area contributed by atoms with Crippen molar-refractivity contribution < 1.29 is 0 Å². The van der Waals surface area contributed by atoms with E-state index in [0.29, 0.717) is 0 Å². The van der Waals surface area contributed by atoms with E-state index in [1.54, 1.807) is 0 Å². The normalized spacial score (nSPS) is 8.80. The second-order valence-electron chi connectivity index (χ2n) is 1.52. The second-order valence-corrected chi connectivity index (χ2v) is 1.88. The predicted octanol–water partition coefficient (Wildman–Crippen LogP) is 1.26. The number of hydrogen-bond acceptors (Lipinski definition) is 3. The summed E-state index contributed by atoms with van der Waals surface area (Å²) in [5.74, 6) is 0.299. The molecule has 10 heavy (non-hydrogen) atoms. The Morgan fingerprint density at radius 1 is 1.70 bits per heavy atom. The Balaban J connectivity index is 3.23. The zero-order valence-corrected chi connectivity index (χ0v) is 5.63. The number of rotatable bonds is 0. The highest BCUT2D eigenvalue weighted by Crippen LogP contribution is 2.19. The van der Waals surface area contributed by atoms with E-state index >= 15 is 0 Å². The first-order valence-electron chi connectivity index (χ1n) is 2.39. The number of aromatic nitrogens is 2. The summed E-state index contributed by atoms with van der Waals surface area (Å²) in [5, 5.41) is 0.0509. The Kier molecular flexibility index (Phi) is 1.69. The molecule has 0 spiro atoms. The molecule has 1 aromatic rings. The molecule has 0 aromatic carbocycles. The molecule has 2 N–H and O–H groups in total. The van der Waals surface area contributed by atoms with Crippen LogP contribution in [-0.4, -0.2) is 9.97 Å². The lowest BCUT2D eigenvalue weighted by Gasteiger charge is -1.91. The Labute approximate surface area is 62.5 Å². The lowest BCUT2D eigenvalue weighted by molar-refractivity contribution is 1.23. The van der Waals surface area contributed by atoms with Crippen LogP contribution in [0, 0.1) is 6.57 Å². The van der Waals surface area contributed by atoms with Crippen molar-refractivity contribution in [2.75, 3.05) is 5.73 Å². The molecular weight excluding hydrogens is 152 g/mol. The zero-order valence-electron chi connectivity index (χ0n) is 4.87. The van der Waals surface area contributed by atoms with Gasteiger partial charge in [0.15, 0.2) is 17.2 Å². The second kappa shape index (κ2) is 2.50. The highest BCUT2D eigenvalue weighted by molar-refractivity contribution is 6.31. The third-order valence-electron chi connectivity index (χ3n) is 0.837. The summed E-state index contributed by atoms with van der Waals surface area (Å²) >= 11 is 5.46. The van der Waals surface area contributed by atoms with Gasteiger partial charge in [-0.05, 0) is 0 Å². The topological polar surface area (TPSA) is 56.2 Å². The summed E-state index contributed by atoms with van der Waals surface area (Å²) in [5.41, 5.74) is 5.22. The molecule has 0 aliphatic heterocycles. The van der Waals surface area contributed by atoms with E-state index in [-0.39, 0.29) is 16.8 Å². The third-order valence-corrected chi connectivity index (χ3v) is 1.09. The maximum Gasteiger partial charge on any atom is 0.307 e. The van der Waals surface area contributed by atoms with Gasteiger partial charge in [0.05, 0.1) is 0 Å².